The van der Waals surface area contributed by atoms with Crippen molar-refractivity contribution in [2.45, 2.75) is 32.4 Å². The molecule has 0 spiro atoms. The van der Waals surface area contributed by atoms with E-state index in [1.54, 1.807) is 6.07 Å². The number of hydrogen-bond donors (Lipinski definition) is 2. The summed E-state index contributed by atoms with van der Waals surface area (Å²) in [5, 5.41) is 12.1. The molecule has 6 rings (SSSR count). The third-order valence-electron chi connectivity index (χ3n) is 8.12. The van der Waals surface area contributed by atoms with Gasteiger partial charge < -0.3 is 19.7 Å². The van der Waals surface area contributed by atoms with Gasteiger partial charge in [0.15, 0.2) is 5.82 Å². The number of carboxylic acids is 1. The maximum absolute atomic E-state index is 15.6. The average molecular weight is 668 g/mol. The number of halogens is 5. The predicted octanol–water partition coefficient (Wildman–Crippen LogP) is 6.54. The number of nitrogens with zero attached hydrogens (tertiary/aromatic N) is 4. The van der Waals surface area contributed by atoms with Gasteiger partial charge in [0, 0.05) is 48.8 Å². The van der Waals surface area contributed by atoms with Crippen LogP contribution in [0.3, 0.4) is 0 Å². The highest BCUT2D eigenvalue weighted by Crippen LogP contribution is 2.48. The number of imidazole rings is 1. The van der Waals surface area contributed by atoms with Crippen LogP contribution in [0.4, 0.5) is 17.6 Å². The van der Waals surface area contributed by atoms with Gasteiger partial charge in [-0.05, 0) is 54.8 Å². The Bertz CT molecular complexity index is 2050. The fraction of sp³-hybridized carbons (Fsp3) is 0.242. The zero-order chi connectivity index (χ0) is 33.5. The van der Waals surface area contributed by atoms with Gasteiger partial charge in [-0.3, -0.25) is 14.2 Å². The van der Waals surface area contributed by atoms with Crippen molar-refractivity contribution in [3.05, 3.63) is 105 Å². The van der Waals surface area contributed by atoms with Crippen molar-refractivity contribution < 1.29 is 37.0 Å². The van der Waals surface area contributed by atoms with Gasteiger partial charge in [-0.2, -0.15) is 0 Å². The van der Waals surface area contributed by atoms with Crippen LogP contribution in [-0.4, -0.2) is 50.2 Å². The molecule has 3 heterocycles. The van der Waals surface area contributed by atoms with E-state index in [0.717, 1.165) is 18.2 Å². The quantitative estimate of drug-likeness (QED) is 0.154. The first-order valence-corrected chi connectivity index (χ1v) is 14.8. The molecule has 2 aromatic carbocycles. The van der Waals surface area contributed by atoms with Gasteiger partial charge in [0.1, 0.15) is 35.3 Å². The fourth-order valence-corrected chi connectivity index (χ4v) is 5.42. The van der Waals surface area contributed by atoms with Gasteiger partial charge in [-0.15, -0.1) is 0 Å². The molecule has 0 atom stereocenters. The van der Waals surface area contributed by atoms with Crippen molar-refractivity contribution >= 4 is 34.5 Å². The molecule has 14 heteroatoms. The number of carbonyl (C=O) groups is 2. The molecule has 3 aromatic heterocycles. The number of aromatic carboxylic acids is 1. The fourth-order valence-electron chi connectivity index (χ4n) is 5.22. The van der Waals surface area contributed by atoms with Gasteiger partial charge in [-0.25, -0.2) is 27.9 Å². The SMILES string of the molecule is CNC(=O)c1cc(Cl)c(COc2cccc(-c3cc(F)c(Cc4nc5c(F)cc(C(=O)O)cc5n4CC4(CF)CC4)cc3F)n2)cn1. The van der Waals surface area contributed by atoms with Crippen molar-refractivity contribution in [2.75, 3.05) is 13.7 Å². The molecule has 9 nitrogen and oxygen atoms in total. The number of aromatic nitrogens is 4. The number of fused-ring (bicyclic) bond motifs is 1. The number of amides is 1. The van der Waals surface area contributed by atoms with Crippen molar-refractivity contribution in [3.63, 3.8) is 0 Å². The summed E-state index contributed by atoms with van der Waals surface area (Å²) < 4.78 is 67.1. The molecule has 0 radical (unpaired) electrons. The molecule has 0 bridgehead atoms. The standard InChI is InChI=1S/C33H26ClF4N5O4/c1-39-31(44)26-12-21(34)19(13-40-26)14-47-29-4-2-3-25(41-29)20-11-22(36)17(7-23(20)37)10-28-42-30-24(38)8-18(32(45)46)9-27(30)43(28)16-33(15-35)5-6-33/h2-4,7-9,11-13H,5-6,10,14-16H2,1H3,(H,39,44)(H,45,46). The second kappa shape index (κ2) is 12.6. The van der Waals surface area contributed by atoms with Crippen LogP contribution in [0, 0.1) is 22.9 Å². The molecule has 5 aromatic rings. The van der Waals surface area contributed by atoms with E-state index < -0.39 is 41.4 Å². The van der Waals surface area contributed by atoms with Crippen molar-refractivity contribution in [2.24, 2.45) is 5.41 Å². The molecule has 1 amide bonds. The summed E-state index contributed by atoms with van der Waals surface area (Å²) in [6.07, 6.45) is 2.27. The molecule has 0 aliphatic heterocycles. The van der Waals surface area contributed by atoms with Crippen LogP contribution in [0.2, 0.25) is 5.02 Å². The number of nitrogens with one attached hydrogen (secondary N) is 1. The number of rotatable bonds is 11. The minimum Gasteiger partial charge on any atom is -0.478 e. The van der Waals surface area contributed by atoms with E-state index in [4.69, 9.17) is 16.3 Å². The number of alkyl halides is 1. The van der Waals surface area contributed by atoms with Crippen LogP contribution >= 0.6 is 11.6 Å². The number of hydrogen-bond acceptors (Lipinski definition) is 6. The zero-order valence-electron chi connectivity index (χ0n) is 24.8. The van der Waals surface area contributed by atoms with Crippen LogP contribution in [0.1, 0.15) is 50.6 Å². The first kappa shape index (κ1) is 31.9. The number of carbonyl (C=O) groups excluding carboxylic acids is 1. The van der Waals surface area contributed by atoms with Crippen molar-refractivity contribution in [1.82, 2.24) is 24.8 Å². The summed E-state index contributed by atoms with van der Waals surface area (Å²) >= 11 is 6.26. The van der Waals surface area contributed by atoms with Crippen LogP contribution in [0.15, 0.2) is 54.7 Å². The van der Waals surface area contributed by atoms with Crippen LogP contribution in [0.5, 0.6) is 5.88 Å². The van der Waals surface area contributed by atoms with Crippen molar-refractivity contribution in [1.29, 1.82) is 0 Å². The second-order valence-corrected chi connectivity index (χ2v) is 11.8. The summed E-state index contributed by atoms with van der Waals surface area (Å²) in [4.78, 5) is 36.0. The summed E-state index contributed by atoms with van der Waals surface area (Å²) in [6, 6.07) is 10.0. The molecular formula is C33H26ClF4N5O4. The lowest BCUT2D eigenvalue weighted by Crippen LogP contribution is -2.19. The summed E-state index contributed by atoms with van der Waals surface area (Å²) in [5.74, 6) is -4.00. The zero-order valence-corrected chi connectivity index (χ0v) is 25.5. The molecule has 1 aliphatic rings. The molecule has 1 fully saturated rings. The van der Waals surface area contributed by atoms with Crippen LogP contribution in [-0.2, 0) is 19.6 Å². The van der Waals surface area contributed by atoms with Gasteiger partial charge in [0.05, 0.1) is 28.5 Å². The van der Waals surface area contributed by atoms with E-state index in [1.165, 1.54) is 42.1 Å². The molecule has 2 N–H and O–H groups in total. The third kappa shape index (κ3) is 6.48. The number of pyridine rings is 2. The largest absolute Gasteiger partial charge is 0.478 e. The Labute approximate surface area is 270 Å². The Balaban J connectivity index is 1.27. The highest BCUT2D eigenvalue weighted by Gasteiger charge is 2.44. The predicted molar refractivity (Wildman–Crippen MR) is 164 cm³/mol. The Kier molecular flexibility index (Phi) is 8.58. The van der Waals surface area contributed by atoms with E-state index >= 15 is 8.78 Å². The highest BCUT2D eigenvalue weighted by molar-refractivity contribution is 6.31. The maximum Gasteiger partial charge on any atom is 0.335 e. The smallest absolute Gasteiger partial charge is 0.335 e. The normalized spacial score (nSPS) is 13.5. The van der Waals surface area contributed by atoms with Gasteiger partial charge in [0.2, 0.25) is 5.88 Å². The van der Waals surface area contributed by atoms with E-state index in [1.807, 2.05) is 0 Å². The number of benzene rings is 2. The lowest BCUT2D eigenvalue weighted by Gasteiger charge is -2.16. The van der Waals surface area contributed by atoms with E-state index in [9.17, 15) is 23.5 Å². The molecule has 0 saturated heterocycles. The average Bonchev–Trinajstić information content (AvgIpc) is 3.76. The topological polar surface area (TPSA) is 119 Å². The third-order valence-corrected chi connectivity index (χ3v) is 8.47. The maximum atomic E-state index is 15.6. The highest BCUT2D eigenvalue weighted by atomic mass is 35.5. The Hall–Kier alpha value is -5.04. The van der Waals surface area contributed by atoms with Gasteiger partial charge in [0.25, 0.3) is 5.91 Å². The van der Waals surface area contributed by atoms with Gasteiger partial charge in [-0.1, -0.05) is 17.7 Å². The minimum absolute atomic E-state index is 0.0642. The Morgan fingerprint density at radius 3 is 2.51 bits per heavy atom. The molecule has 47 heavy (non-hydrogen) atoms. The molecule has 1 aliphatic carbocycles. The monoisotopic (exact) mass is 667 g/mol. The first-order chi connectivity index (χ1) is 22.5. The van der Waals surface area contributed by atoms with E-state index in [0.29, 0.717) is 18.4 Å². The molecule has 0 unspecified atom stereocenters. The summed E-state index contributed by atoms with van der Waals surface area (Å²) in [5.41, 5.74) is -0.587. The lowest BCUT2D eigenvalue weighted by molar-refractivity contribution is 0.0696. The second-order valence-electron chi connectivity index (χ2n) is 11.4. The summed E-state index contributed by atoms with van der Waals surface area (Å²) in [6.45, 7) is -0.629. The summed E-state index contributed by atoms with van der Waals surface area (Å²) in [7, 11) is 1.47. The Morgan fingerprint density at radius 1 is 1.04 bits per heavy atom. The van der Waals surface area contributed by atoms with E-state index in [2.05, 4.69) is 20.3 Å². The molecule has 242 valence electrons. The molecular weight excluding hydrogens is 642 g/mol. The van der Waals surface area contributed by atoms with Crippen LogP contribution < -0.4 is 10.1 Å². The number of carboxylic acid groups (broad SMARTS) is 1. The minimum atomic E-state index is -1.35. The van der Waals surface area contributed by atoms with Crippen LogP contribution in [0.25, 0.3) is 22.3 Å². The molecule has 1 saturated carbocycles. The number of ether oxygens (including phenoxy) is 1. The van der Waals surface area contributed by atoms with Crippen molar-refractivity contribution in [3.8, 4) is 17.1 Å². The van der Waals surface area contributed by atoms with Gasteiger partial charge >= 0.3 is 5.97 Å². The Morgan fingerprint density at radius 2 is 1.83 bits per heavy atom. The first-order valence-electron chi connectivity index (χ1n) is 14.4. The lowest BCUT2D eigenvalue weighted by atomic mass is 10.0. The van der Waals surface area contributed by atoms with E-state index in [-0.39, 0.29) is 75.4 Å².